The summed E-state index contributed by atoms with van der Waals surface area (Å²) in [5, 5.41) is 4.60. The van der Waals surface area contributed by atoms with Crippen molar-refractivity contribution in [3.05, 3.63) is 54.4 Å². The Bertz CT molecular complexity index is 671. The number of hydrogen-bond acceptors (Lipinski definition) is 3. The third-order valence-corrected chi connectivity index (χ3v) is 2.95. The molecule has 2 heterocycles. The van der Waals surface area contributed by atoms with Crippen LogP contribution in [0.4, 0.5) is 0 Å². The van der Waals surface area contributed by atoms with Crippen LogP contribution in [0.15, 0.2) is 48.8 Å². The van der Waals surface area contributed by atoms with Gasteiger partial charge in [0.2, 0.25) is 0 Å². The first-order valence-corrected chi connectivity index (χ1v) is 5.91. The molecular formula is C14H14N4. The number of rotatable bonds is 2. The van der Waals surface area contributed by atoms with Gasteiger partial charge >= 0.3 is 0 Å². The zero-order valence-electron chi connectivity index (χ0n) is 10.1. The van der Waals surface area contributed by atoms with Crippen molar-refractivity contribution in [1.82, 2.24) is 14.6 Å². The first-order chi connectivity index (χ1) is 8.75. The number of nitrogens with two attached hydrogens (primary N) is 1. The van der Waals surface area contributed by atoms with Crippen molar-refractivity contribution >= 4 is 5.65 Å². The van der Waals surface area contributed by atoms with E-state index < -0.39 is 0 Å². The lowest BCUT2D eigenvalue weighted by Gasteiger charge is -2.12. The average molecular weight is 238 g/mol. The van der Waals surface area contributed by atoms with E-state index in [9.17, 15) is 0 Å². The van der Waals surface area contributed by atoms with Gasteiger partial charge in [-0.15, -0.1) is 0 Å². The quantitative estimate of drug-likeness (QED) is 0.746. The highest BCUT2D eigenvalue weighted by Crippen LogP contribution is 2.25. The molecule has 2 N–H and O–H groups in total. The van der Waals surface area contributed by atoms with Crippen LogP contribution in [0.1, 0.15) is 18.5 Å². The Morgan fingerprint density at radius 2 is 2.00 bits per heavy atom. The van der Waals surface area contributed by atoms with E-state index in [1.165, 1.54) is 0 Å². The van der Waals surface area contributed by atoms with Crippen molar-refractivity contribution in [3.63, 3.8) is 0 Å². The van der Waals surface area contributed by atoms with Gasteiger partial charge in [0, 0.05) is 29.6 Å². The molecule has 0 bridgehead atoms. The van der Waals surface area contributed by atoms with Crippen molar-refractivity contribution in [1.29, 1.82) is 0 Å². The summed E-state index contributed by atoms with van der Waals surface area (Å²) >= 11 is 0. The number of imidazole rings is 1. The number of fused-ring (bicyclic) bond motifs is 1. The van der Waals surface area contributed by atoms with E-state index in [2.05, 4.69) is 10.1 Å². The van der Waals surface area contributed by atoms with Crippen molar-refractivity contribution in [2.75, 3.05) is 0 Å². The number of nitrogens with zero attached hydrogens (tertiary/aromatic N) is 3. The van der Waals surface area contributed by atoms with Crippen LogP contribution in [0.25, 0.3) is 16.9 Å². The van der Waals surface area contributed by atoms with E-state index >= 15 is 0 Å². The standard InChI is InChI=1S/C14H14N4/c1-10(15)12-9-13-16-7-8-18(13)17-14(12)11-5-3-2-4-6-11/h2-10H,15H2,1H3/t10-/m0/s1. The average Bonchev–Trinajstić information content (AvgIpc) is 2.85. The molecule has 0 unspecified atom stereocenters. The monoisotopic (exact) mass is 238 g/mol. The normalized spacial score (nSPS) is 12.8. The zero-order chi connectivity index (χ0) is 12.5. The summed E-state index contributed by atoms with van der Waals surface area (Å²) in [5.74, 6) is 0. The van der Waals surface area contributed by atoms with E-state index in [1.807, 2.05) is 49.5 Å². The van der Waals surface area contributed by atoms with Gasteiger partial charge in [0.25, 0.3) is 0 Å². The SMILES string of the molecule is C[C@H](N)c1cc2nccn2nc1-c1ccccc1. The van der Waals surface area contributed by atoms with Gasteiger partial charge in [0.15, 0.2) is 5.65 Å². The molecule has 1 aromatic carbocycles. The van der Waals surface area contributed by atoms with Gasteiger partial charge in [-0.05, 0) is 13.0 Å². The Labute approximate surface area is 105 Å². The first kappa shape index (κ1) is 10.9. The van der Waals surface area contributed by atoms with Crippen LogP contribution < -0.4 is 5.73 Å². The summed E-state index contributed by atoms with van der Waals surface area (Å²) in [6.45, 7) is 1.96. The van der Waals surface area contributed by atoms with Crippen LogP contribution in [0.3, 0.4) is 0 Å². The smallest absolute Gasteiger partial charge is 0.153 e. The number of aromatic nitrogens is 3. The Balaban J connectivity index is 2.28. The summed E-state index contributed by atoms with van der Waals surface area (Å²) in [4.78, 5) is 4.24. The van der Waals surface area contributed by atoms with Crippen molar-refractivity contribution in [2.45, 2.75) is 13.0 Å². The minimum atomic E-state index is -0.0746. The third-order valence-electron chi connectivity index (χ3n) is 2.95. The molecule has 90 valence electrons. The molecule has 0 radical (unpaired) electrons. The molecule has 18 heavy (non-hydrogen) atoms. The van der Waals surface area contributed by atoms with Crippen LogP contribution in [0.2, 0.25) is 0 Å². The molecule has 2 aromatic heterocycles. The molecule has 0 aliphatic heterocycles. The van der Waals surface area contributed by atoms with Gasteiger partial charge in [-0.1, -0.05) is 30.3 Å². The maximum Gasteiger partial charge on any atom is 0.153 e. The van der Waals surface area contributed by atoms with Gasteiger partial charge in [0.1, 0.15) is 0 Å². The van der Waals surface area contributed by atoms with E-state index in [4.69, 9.17) is 5.73 Å². The number of hydrogen-bond donors (Lipinski definition) is 1. The van der Waals surface area contributed by atoms with Crippen LogP contribution in [-0.4, -0.2) is 14.6 Å². The minimum Gasteiger partial charge on any atom is -0.324 e. The van der Waals surface area contributed by atoms with E-state index in [0.717, 1.165) is 22.5 Å². The second-order valence-corrected chi connectivity index (χ2v) is 4.33. The van der Waals surface area contributed by atoms with Gasteiger partial charge in [-0.2, -0.15) is 5.10 Å². The predicted molar refractivity (Wildman–Crippen MR) is 71.0 cm³/mol. The Hall–Kier alpha value is -2.20. The van der Waals surface area contributed by atoms with Crippen LogP contribution in [0.5, 0.6) is 0 Å². The molecule has 0 aliphatic rings. The third kappa shape index (κ3) is 1.76. The first-order valence-electron chi connectivity index (χ1n) is 5.91. The molecule has 4 heteroatoms. The molecule has 0 saturated heterocycles. The molecule has 4 nitrogen and oxygen atoms in total. The Morgan fingerprint density at radius 1 is 1.22 bits per heavy atom. The molecule has 0 spiro atoms. The summed E-state index contributed by atoms with van der Waals surface area (Å²) in [7, 11) is 0. The molecule has 0 fully saturated rings. The highest BCUT2D eigenvalue weighted by molar-refractivity contribution is 5.65. The van der Waals surface area contributed by atoms with Crippen LogP contribution in [0, 0.1) is 0 Å². The molecule has 3 rings (SSSR count). The lowest BCUT2D eigenvalue weighted by Crippen LogP contribution is -2.09. The van der Waals surface area contributed by atoms with E-state index in [0.29, 0.717) is 0 Å². The second-order valence-electron chi connectivity index (χ2n) is 4.33. The molecule has 0 amide bonds. The fraction of sp³-hybridized carbons (Fsp3) is 0.143. The Morgan fingerprint density at radius 3 is 2.72 bits per heavy atom. The summed E-state index contributed by atoms with van der Waals surface area (Å²) in [6.07, 6.45) is 3.58. The highest BCUT2D eigenvalue weighted by Gasteiger charge is 2.12. The van der Waals surface area contributed by atoms with Crippen LogP contribution in [-0.2, 0) is 0 Å². The summed E-state index contributed by atoms with van der Waals surface area (Å²) < 4.78 is 1.77. The fourth-order valence-corrected chi connectivity index (χ4v) is 2.04. The molecule has 0 aliphatic carbocycles. The summed E-state index contributed by atoms with van der Waals surface area (Å²) in [6, 6.07) is 12.0. The fourth-order valence-electron chi connectivity index (χ4n) is 2.04. The van der Waals surface area contributed by atoms with Crippen LogP contribution >= 0.6 is 0 Å². The molecular weight excluding hydrogens is 224 g/mol. The maximum atomic E-state index is 6.03. The largest absolute Gasteiger partial charge is 0.324 e. The molecule has 3 aromatic rings. The molecule has 1 atom stereocenters. The maximum absolute atomic E-state index is 6.03. The van der Waals surface area contributed by atoms with Gasteiger partial charge in [0.05, 0.1) is 5.69 Å². The van der Waals surface area contributed by atoms with Gasteiger partial charge in [-0.25, -0.2) is 9.50 Å². The lowest BCUT2D eigenvalue weighted by atomic mass is 10.0. The second kappa shape index (κ2) is 4.23. The van der Waals surface area contributed by atoms with Crippen molar-refractivity contribution in [3.8, 4) is 11.3 Å². The predicted octanol–water partition coefficient (Wildman–Crippen LogP) is 2.42. The summed E-state index contributed by atoms with van der Waals surface area (Å²) in [5.41, 5.74) is 9.85. The molecule has 0 saturated carbocycles. The van der Waals surface area contributed by atoms with Gasteiger partial charge in [-0.3, -0.25) is 0 Å². The highest BCUT2D eigenvalue weighted by atomic mass is 15.2. The zero-order valence-corrected chi connectivity index (χ0v) is 10.1. The minimum absolute atomic E-state index is 0.0746. The topological polar surface area (TPSA) is 56.2 Å². The van der Waals surface area contributed by atoms with Crippen molar-refractivity contribution in [2.24, 2.45) is 5.73 Å². The van der Waals surface area contributed by atoms with E-state index in [-0.39, 0.29) is 6.04 Å². The Kier molecular flexibility index (Phi) is 2.57. The number of benzene rings is 1. The van der Waals surface area contributed by atoms with Gasteiger partial charge < -0.3 is 5.73 Å². The van der Waals surface area contributed by atoms with Crippen molar-refractivity contribution < 1.29 is 0 Å². The lowest BCUT2D eigenvalue weighted by molar-refractivity contribution is 0.798. The van der Waals surface area contributed by atoms with E-state index in [1.54, 1.807) is 10.7 Å².